The maximum atomic E-state index is 13.4. The first-order valence-electron chi connectivity index (χ1n) is 17.4. The average Bonchev–Trinajstić information content (AvgIpc) is 3.03. The monoisotopic (exact) mass is 657 g/mol. The molecule has 1 atom stereocenters. The van der Waals surface area contributed by atoms with Gasteiger partial charge in [0.25, 0.3) is 10.1 Å². The van der Waals surface area contributed by atoms with Gasteiger partial charge in [-0.2, -0.15) is 8.42 Å². The molecular formula is C37H57N2O6S+. The van der Waals surface area contributed by atoms with Crippen LogP contribution in [0.15, 0.2) is 51.7 Å². The second-order valence-corrected chi connectivity index (χ2v) is 14.6. The van der Waals surface area contributed by atoms with Gasteiger partial charge in [-0.1, -0.05) is 58.3 Å². The highest BCUT2D eigenvalue weighted by Crippen LogP contribution is 2.32. The van der Waals surface area contributed by atoms with E-state index in [2.05, 4.69) is 32.7 Å². The van der Waals surface area contributed by atoms with Crippen LogP contribution >= 0.6 is 0 Å². The third-order valence-corrected chi connectivity index (χ3v) is 9.96. The van der Waals surface area contributed by atoms with Crippen molar-refractivity contribution in [1.29, 1.82) is 0 Å². The minimum Gasteiger partial charge on any atom is -0.502 e. The highest BCUT2D eigenvalue weighted by atomic mass is 32.2. The number of rotatable bonds is 22. The molecule has 0 fully saturated rings. The molecule has 0 saturated carbocycles. The van der Waals surface area contributed by atoms with E-state index in [1.165, 1.54) is 51.4 Å². The first-order chi connectivity index (χ1) is 22.0. The first kappa shape index (κ1) is 37.6. The molecule has 1 heterocycles. The van der Waals surface area contributed by atoms with E-state index in [0.29, 0.717) is 40.4 Å². The SMILES string of the molecule is CCCCCCCCCCCC[N+](C)(CCCCS(=O)(=O)O)Cc1ccc2oc(-c3ccc(N(CC)CC)cc3)c(O)c(=O)c2c1. The molecule has 3 rings (SSSR count). The molecule has 0 aliphatic carbocycles. The van der Waals surface area contributed by atoms with Crippen molar-refractivity contribution in [1.82, 2.24) is 0 Å². The van der Waals surface area contributed by atoms with Crippen LogP contribution in [0.2, 0.25) is 0 Å². The summed E-state index contributed by atoms with van der Waals surface area (Å²) in [6.07, 6.45) is 13.7. The number of fused-ring (bicyclic) bond motifs is 1. The third-order valence-electron chi connectivity index (χ3n) is 9.15. The zero-order valence-corrected chi connectivity index (χ0v) is 29.4. The Morgan fingerprint density at radius 2 is 1.35 bits per heavy atom. The number of quaternary nitrogens is 1. The lowest BCUT2D eigenvalue weighted by molar-refractivity contribution is -0.923. The Labute approximate surface area is 276 Å². The van der Waals surface area contributed by atoms with Gasteiger partial charge in [0, 0.05) is 29.9 Å². The van der Waals surface area contributed by atoms with Crippen molar-refractivity contribution in [3.05, 3.63) is 58.3 Å². The van der Waals surface area contributed by atoms with Gasteiger partial charge in [-0.15, -0.1) is 0 Å². The molecule has 0 amide bonds. The van der Waals surface area contributed by atoms with Gasteiger partial charge < -0.3 is 18.9 Å². The lowest BCUT2D eigenvalue weighted by atomic mass is 10.0. The largest absolute Gasteiger partial charge is 0.502 e. The van der Waals surface area contributed by atoms with E-state index in [9.17, 15) is 22.9 Å². The molecule has 0 saturated heterocycles. The van der Waals surface area contributed by atoms with Gasteiger partial charge in [0.05, 0.1) is 31.3 Å². The number of aromatic hydroxyl groups is 1. The van der Waals surface area contributed by atoms with E-state index in [1.807, 2.05) is 42.5 Å². The number of nitrogens with zero attached hydrogens (tertiary/aromatic N) is 2. The van der Waals surface area contributed by atoms with Gasteiger partial charge in [0.1, 0.15) is 12.1 Å². The fourth-order valence-corrected chi connectivity index (χ4v) is 6.98. The molecule has 1 unspecified atom stereocenters. The fraction of sp³-hybridized carbons (Fsp3) is 0.595. The van der Waals surface area contributed by atoms with Crippen LogP contribution in [0.3, 0.4) is 0 Å². The molecule has 46 heavy (non-hydrogen) atoms. The van der Waals surface area contributed by atoms with Crippen molar-refractivity contribution in [2.24, 2.45) is 0 Å². The van der Waals surface area contributed by atoms with Crippen LogP contribution in [0.4, 0.5) is 5.69 Å². The normalized spacial score (nSPS) is 13.2. The van der Waals surface area contributed by atoms with Crippen LogP contribution in [0.1, 0.15) is 103 Å². The van der Waals surface area contributed by atoms with Crippen LogP contribution in [-0.2, 0) is 16.7 Å². The first-order valence-corrected chi connectivity index (χ1v) is 19.0. The summed E-state index contributed by atoms with van der Waals surface area (Å²) in [5.41, 5.74) is 2.63. The predicted molar refractivity (Wildman–Crippen MR) is 190 cm³/mol. The van der Waals surface area contributed by atoms with E-state index >= 15 is 0 Å². The van der Waals surface area contributed by atoms with Crippen molar-refractivity contribution >= 4 is 26.8 Å². The zero-order chi connectivity index (χ0) is 33.6. The van der Waals surface area contributed by atoms with Crippen LogP contribution in [0.5, 0.6) is 5.75 Å². The smallest absolute Gasteiger partial charge is 0.264 e. The Kier molecular flexibility index (Phi) is 15.1. The minimum absolute atomic E-state index is 0.164. The second-order valence-electron chi connectivity index (χ2n) is 13.1. The van der Waals surface area contributed by atoms with Crippen LogP contribution in [0, 0.1) is 0 Å². The number of benzene rings is 2. The molecular weight excluding hydrogens is 600 g/mol. The Balaban J connectivity index is 1.72. The Hall–Kier alpha value is -2.88. The van der Waals surface area contributed by atoms with E-state index in [0.717, 1.165) is 50.3 Å². The molecule has 0 spiro atoms. The van der Waals surface area contributed by atoms with Crippen molar-refractivity contribution in [3.63, 3.8) is 0 Å². The van der Waals surface area contributed by atoms with E-state index in [4.69, 9.17) is 4.42 Å². The minimum atomic E-state index is -3.98. The van der Waals surface area contributed by atoms with Gasteiger partial charge in [0.15, 0.2) is 5.76 Å². The van der Waals surface area contributed by atoms with E-state index < -0.39 is 21.3 Å². The highest BCUT2D eigenvalue weighted by molar-refractivity contribution is 7.85. The predicted octanol–water partition coefficient (Wildman–Crippen LogP) is 8.55. The molecule has 8 nitrogen and oxygen atoms in total. The molecule has 9 heteroatoms. The molecule has 256 valence electrons. The van der Waals surface area contributed by atoms with E-state index in [-0.39, 0.29) is 11.5 Å². The molecule has 2 N–H and O–H groups in total. The number of unbranched alkanes of at least 4 members (excludes halogenated alkanes) is 10. The summed E-state index contributed by atoms with van der Waals surface area (Å²) in [5, 5.41) is 11.3. The van der Waals surface area contributed by atoms with Gasteiger partial charge in [-0.25, -0.2) is 0 Å². The van der Waals surface area contributed by atoms with Crippen molar-refractivity contribution in [3.8, 4) is 17.1 Å². The van der Waals surface area contributed by atoms with Gasteiger partial charge in [-0.05, 0) is 82.0 Å². The fourth-order valence-electron chi connectivity index (χ4n) is 6.41. The molecule has 1 aromatic heterocycles. The lowest BCUT2D eigenvalue weighted by Gasteiger charge is -2.35. The molecule has 2 aromatic carbocycles. The summed E-state index contributed by atoms with van der Waals surface area (Å²) in [5.74, 6) is -0.466. The lowest BCUT2D eigenvalue weighted by Crippen LogP contribution is -2.45. The zero-order valence-electron chi connectivity index (χ0n) is 28.6. The summed E-state index contributed by atoms with van der Waals surface area (Å²) in [7, 11) is -1.80. The van der Waals surface area contributed by atoms with Crippen molar-refractivity contribution in [2.45, 2.75) is 104 Å². The Morgan fingerprint density at radius 3 is 1.91 bits per heavy atom. The van der Waals surface area contributed by atoms with Crippen molar-refractivity contribution in [2.75, 3.05) is 43.9 Å². The molecule has 0 radical (unpaired) electrons. The summed E-state index contributed by atoms with van der Waals surface area (Å²) in [6.45, 7) is 10.6. The standard InChI is InChI=1S/C37H56N2O6S/c1-5-8-9-10-11-12-13-14-15-16-25-39(4,26-17-18-27-46(42,43)44)29-30-19-24-34-33(28-30)35(40)36(41)37(45-34)31-20-22-32(23-21-31)38(6-2)7-3/h19-24,28H,5-18,25-27,29H2,1-4H3,(H-,41,42,43,44)/p+1. The number of anilines is 1. The molecule has 0 aliphatic rings. The van der Waals surface area contributed by atoms with Gasteiger partial charge in [-0.3, -0.25) is 9.35 Å². The summed E-state index contributed by atoms with van der Waals surface area (Å²) in [6, 6.07) is 13.3. The maximum absolute atomic E-state index is 13.4. The van der Waals surface area contributed by atoms with Gasteiger partial charge >= 0.3 is 0 Å². The Morgan fingerprint density at radius 1 is 0.783 bits per heavy atom. The van der Waals surface area contributed by atoms with Crippen LogP contribution < -0.4 is 10.3 Å². The second kappa shape index (κ2) is 18.5. The summed E-state index contributed by atoms with van der Waals surface area (Å²) in [4.78, 5) is 15.6. The number of hydrogen-bond acceptors (Lipinski definition) is 6. The molecule has 0 aliphatic heterocycles. The molecule has 3 aromatic rings. The maximum Gasteiger partial charge on any atom is 0.264 e. The molecule has 0 bridgehead atoms. The Bertz CT molecular complexity index is 1520. The number of hydrogen-bond donors (Lipinski definition) is 2. The van der Waals surface area contributed by atoms with Crippen molar-refractivity contribution < 1.29 is 27.0 Å². The third kappa shape index (κ3) is 11.7. The highest BCUT2D eigenvalue weighted by Gasteiger charge is 2.23. The van der Waals surface area contributed by atoms with Gasteiger partial charge in [0.2, 0.25) is 11.2 Å². The topological polar surface area (TPSA) is 108 Å². The summed E-state index contributed by atoms with van der Waals surface area (Å²) < 4.78 is 38.5. The average molecular weight is 658 g/mol. The van der Waals surface area contributed by atoms with Crippen LogP contribution in [-0.4, -0.2) is 61.5 Å². The van der Waals surface area contributed by atoms with E-state index in [1.54, 1.807) is 0 Å². The van der Waals surface area contributed by atoms with Crippen LogP contribution in [0.25, 0.3) is 22.3 Å². The summed E-state index contributed by atoms with van der Waals surface area (Å²) >= 11 is 0. The quantitative estimate of drug-likeness (QED) is 0.0633.